The highest BCUT2D eigenvalue weighted by Gasteiger charge is 2.48. The summed E-state index contributed by atoms with van der Waals surface area (Å²) in [5.74, 6) is -0.938. The molecule has 9 nitrogen and oxygen atoms in total. The third kappa shape index (κ3) is 3.62. The predicted octanol–water partition coefficient (Wildman–Crippen LogP) is -0.518. The minimum atomic E-state index is -2.91. The Morgan fingerprint density at radius 2 is 1.52 bits per heavy atom. The van der Waals surface area contributed by atoms with E-state index in [9.17, 15) is 22.8 Å². The van der Waals surface area contributed by atoms with E-state index in [-0.39, 0.29) is 30.3 Å². The van der Waals surface area contributed by atoms with Gasteiger partial charge in [0.1, 0.15) is 0 Å². The van der Waals surface area contributed by atoms with Crippen LogP contribution in [0.15, 0.2) is 0 Å². The van der Waals surface area contributed by atoms with Gasteiger partial charge in [-0.3, -0.25) is 24.3 Å². The van der Waals surface area contributed by atoms with Crippen molar-refractivity contribution in [3.8, 4) is 0 Å². The summed E-state index contributed by atoms with van der Waals surface area (Å²) in [5, 5.41) is 0. The molecule has 4 amide bonds. The van der Waals surface area contributed by atoms with Crippen molar-refractivity contribution >= 4 is 27.7 Å². The molecule has 3 aliphatic heterocycles. The third-order valence-corrected chi connectivity index (χ3v) is 8.00. The molecular formula is C17H26N4O5S. The van der Waals surface area contributed by atoms with Gasteiger partial charge >= 0.3 is 17.8 Å². The van der Waals surface area contributed by atoms with E-state index < -0.39 is 27.7 Å². The Kier molecular flexibility index (Phi) is 4.98. The van der Waals surface area contributed by atoms with E-state index in [0.29, 0.717) is 32.6 Å². The van der Waals surface area contributed by atoms with Crippen LogP contribution in [0.2, 0.25) is 0 Å². The second-order valence-electron chi connectivity index (χ2n) is 7.98. The second kappa shape index (κ2) is 7.14. The summed E-state index contributed by atoms with van der Waals surface area (Å²) in [7, 11) is -2.91. The zero-order valence-electron chi connectivity index (χ0n) is 15.4. The maximum absolute atomic E-state index is 12.6. The summed E-state index contributed by atoms with van der Waals surface area (Å²) >= 11 is 0. The number of sulfone groups is 1. The van der Waals surface area contributed by atoms with Gasteiger partial charge in [-0.25, -0.2) is 18.1 Å². The lowest BCUT2D eigenvalue weighted by atomic mass is 10.2. The van der Waals surface area contributed by atoms with Crippen molar-refractivity contribution < 1.29 is 22.8 Å². The van der Waals surface area contributed by atoms with E-state index in [1.165, 1.54) is 0 Å². The van der Waals surface area contributed by atoms with Gasteiger partial charge in [0.25, 0.3) is 0 Å². The quantitative estimate of drug-likeness (QED) is 0.464. The number of hydrogen-bond donors (Lipinski definition) is 0. The molecule has 0 spiro atoms. The second-order valence-corrected chi connectivity index (χ2v) is 10.2. The van der Waals surface area contributed by atoms with E-state index in [1.807, 2.05) is 4.90 Å². The predicted molar refractivity (Wildman–Crippen MR) is 96.4 cm³/mol. The highest BCUT2D eigenvalue weighted by molar-refractivity contribution is 7.91. The van der Waals surface area contributed by atoms with Crippen LogP contribution in [0.3, 0.4) is 0 Å². The standard InChI is InChI=1S/C17H26N4O5S/c22-15-16(23)21(13-3-1-2-4-13)17(24)20(15)12-18-6-8-19(9-7-18)14-5-10-27(25,26)11-14/h13-14H,1-12H2. The highest BCUT2D eigenvalue weighted by atomic mass is 32.2. The zero-order valence-corrected chi connectivity index (χ0v) is 16.2. The van der Waals surface area contributed by atoms with Crippen LogP contribution in [-0.4, -0.2) is 102 Å². The monoisotopic (exact) mass is 398 g/mol. The first kappa shape index (κ1) is 18.8. The topological polar surface area (TPSA) is 98.3 Å². The van der Waals surface area contributed by atoms with Gasteiger partial charge in [-0.05, 0) is 19.3 Å². The van der Waals surface area contributed by atoms with E-state index in [4.69, 9.17) is 0 Å². The molecule has 1 saturated carbocycles. The van der Waals surface area contributed by atoms with Gasteiger partial charge in [-0.15, -0.1) is 0 Å². The lowest BCUT2D eigenvalue weighted by molar-refractivity contribution is -0.144. The van der Waals surface area contributed by atoms with Gasteiger partial charge in [-0.1, -0.05) is 12.8 Å². The maximum Gasteiger partial charge on any atom is 0.335 e. The highest BCUT2D eigenvalue weighted by Crippen LogP contribution is 2.28. The molecular weight excluding hydrogens is 372 g/mol. The number of hydrogen-bond acceptors (Lipinski definition) is 7. The summed E-state index contributed by atoms with van der Waals surface area (Å²) in [4.78, 5) is 43.6. The summed E-state index contributed by atoms with van der Waals surface area (Å²) in [6, 6.07) is -0.548. The average molecular weight is 398 g/mol. The molecule has 3 heterocycles. The molecule has 3 saturated heterocycles. The van der Waals surface area contributed by atoms with Crippen molar-refractivity contribution in [2.45, 2.75) is 44.2 Å². The maximum atomic E-state index is 12.6. The van der Waals surface area contributed by atoms with Gasteiger partial charge in [0.2, 0.25) is 0 Å². The Labute approximate surface area is 159 Å². The number of amides is 4. The first-order valence-electron chi connectivity index (χ1n) is 9.71. The van der Waals surface area contributed by atoms with Crippen molar-refractivity contribution in [1.29, 1.82) is 0 Å². The molecule has 150 valence electrons. The molecule has 1 unspecified atom stereocenters. The fourth-order valence-electron chi connectivity index (χ4n) is 4.66. The average Bonchev–Trinajstić information content (AvgIpc) is 3.33. The van der Waals surface area contributed by atoms with Gasteiger partial charge in [0.05, 0.1) is 18.2 Å². The summed E-state index contributed by atoms with van der Waals surface area (Å²) in [5.41, 5.74) is 0. The fourth-order valence-corrected chi connectivity index (χ4v) is 6.43. The Balaban J connectivity index is 1.33. The van der Waals surface area contributed by atoms with E-state index in [0.717, 1.165) is 35.5 Å². The summed E-state index contributed by atoms with van der Waals surface area (Å²) in [6.07, 6.45) is 4.20. The fraction of sp³-hybridized carbons (Fsp3) is 0.824. The number of urea groups is 1. The van der Waals surface area contributed by atoms with Crippen molar-refractivity contribution in [2.24, 2.45) is 0 Å². The van der Waals surface area contributed by atoms with E-state index in [2.05, 4.69) is 4.90 Å². The summed E-state index contributed by atoms with van der Waals surface area (Å²) in [6.45, 7) is 2.83. The Morgan fingerprint density at radius 1 is 0.852 bits per heavy atom. The van der Waals surface area contributed by atoms with Crippen LogP contribution in [0.4, 0.5) is 4.79 Å². The van der Waals surface area contributed by atoms with Crippen LogP contribution >= 0.6 is 0 Å². The molecule has 0 aromatic heterocycles. The summed E-state index contributed by atoms with van der Waals surface area (Å²) < 4.78 is 23.3. The molecule has 0 aromatic rings. The van der Waals surface area contributed by atoms with Crippen LogP contribution in [0.1, 0.15) is 32.1 Å². The number of imide groups is 2. The van der Waals surface area contributed by atoms with Crippen molar-refractivity contribution in [3.63, 3.8) is 0 Å². The van der Waals surface area contributed by atoms with Crippen molar-refractivity contribution in [3.05, 3.63) is 0 Å². The van der Waals surface area contributed by atoms with Gasteiger partial charge in [-0.2, -0.15) is 0 Å². The Bertz CT molecular complexity index is 740. The number of carbonyl (C=O) groups excluding carboxylic acids is 3. The van der Waals surface area contributed by atoms with Gasteiger partial charge < -0.3 is 0 Å². The van der Waals surface area contributed by atoms with Crippen LogP contribution in [0, 0.1) is 0 Å². The minimum Gasteiger partial charge on any atom is -0.297 e. The molecule has 0 bridgehead atoms. The number of carbonyl (C=O) groups is 3. The molecule has 4 aliphatic rings. The van der Waals surface area contributed by atoms with Crippen LogP contribution in [0.5, 0.6) is 0 Å². The Morgan fingerprint density at radius 3 is 2.11 bits per heavy atom. The first-order chi connectivity index (χ1) is 12.9. The Hall–Kier alpha value is -1.52. The molecule has 1 atom stereocenters. The van der Waals surface area contributed by atoms with Crippen LogP contribution in [-0.2, 0) is 19.4 Å². The van der Waals surface area contributed by atoms with E-state index in [1.54, 1.807) is 0 Å². The smallest absolute Gasteiger partial charge is 0.297 e. The van der Waals surface area contributed by atoms with Crippen molar-refractivity contribution in [2.75, 3.05) is 44.4 Å². The normalized spacial score (nSPS) is 30.8. The molecule has 4 rings (SSSR count). The molecule has 4 fully saturated rings. The molecule has 27 heavy (non-hydrogen) atoms. The molecule has 0 aromatic carbocycles. The number of nitrogens with zero attached hydrogens (tertiary/aromatic N) is 4. The molecule has 10 heteroatoms. The van der Waals surface area contributed by atoms with Gasteiger partial charge in [0, 0.05) is 38.3 Å². The first-order valence-corrected chi connectivity index (χ1v) is 11.5. The molecule has 1 aliphatic carbocycles. The van der Waals surface area contributed by atoms with Crippen molar-refractivity contribution in [1.82, 2.24) is 19.6 Å². The largest absolute Gasteiger partial charge is 0.335 e. The number of piperazine rings is 1. The van der Waals surface area contributed by atoms with Crippen LogP contribution in [0.25, 0.3) is 0 Å². The molecule has 0 radical (unpaired) electrons. The number of rotatable bonds is 4. The minimum absolute atomic E-state index is 0.0756. The lowest BCUT2D eigenvalue weighted by Gasteiger charge is -2.38. The zero-order chi connectivity index (χ0) is 19.2. The lowest BCUT2D eigenvalue weighted by Crippen LogP contribution is -2.54. The molecule has 0 N–H and O–H groups in total. The van der Waals surface area contributed by atoms with Crippen LogP contribution < -0.4 is 0 Å². The SMILES string of the molecule is O=C1C(=O)N(C2CCCC2)C(=O)N1CN1CCN(C2CCS(=O)(=O)C2)CC1. The van der Waals surface area contributed by atoms with Gasteiger partial charge in [0.15, 0.2) is 9.84 Å². The van der Waals surface area contributed by atoms with E-state index >= 15 is 0 Å². The third-order valence-electron chi connectivity index (χ3n) is 6.25.